The smallest absolute Gasteiger partial charge is 0.292 e. The van der Waals surface area contributed by atoms with Gasteiger partial charge in [0.25, 0.3) is 6.47 Å². The van der Waals surface area contributed by atoms with Crippen molar-refractivity contribution < 1.29 is 19.4 Å². The molecule has 0 spiro atoms. The number of aromatic amines is 1. The van der Waals surface area contributed by atoms with Crippen LogP contribution < -0.4 is 5.73 Å². The van der Waals surface area contributed by atoms with Gasteiger partial charge in [0.1, 0.15) is 0 Å². The van der Waals surface area contributed by atoms with E-state index in [4.69, 9.17) is 9.53 Å². The average molecular weight is 448 g/mol. The van der Waals surface area contributed by atoms with Crippen molar-refractivity contribution in [3.8, 4) is 0 Å². The lowest BCUT2D eigenvalue weighted by atomic mass is 9.77. The van der Waals surface area contributed by atoms with E-state index in [9.17, 15) is 5.11 Å². The number of carbonyl (C=O) groups excluding carboxylic acids is 1. The maximum Gasteiger partial charge on any atom is 0.292 e. The van der Waals surface area contributed by atoms with Crippen molar-refractivity contribution >= 4 is 17.4 Å². The number of hydrogen-bond acceptors (Lipinski definition) is 6. The van der Waals surface area contributed by atoms with Gasteiger partial charge in [-0.1, -0.05) is 25.1 Å². The fourth-order valence-electron chi connectivity index (χ4n) is 5.45. The lowest BCUT2D eigenvalue weighted by Gasteiger charge is -2.45. The van der Waals surface area contributed by atoms with Crippen LogP contribution in [-0.2, 0) is 20.7 Å². The Morgan fingerprint density at radius 1 is 1.25 bits per heavy atom. The molecular formula is C25H41N3O4. The van der Waals surface area contributed by atoms with E-state index in [2.05, 4.69) is 58.5 Å². The molecule has 4 unspecified atom stereocenters. The van der Waals surface area contributed by atoms with Gasteiger partial charge in [-0.05, 0) is 56.7 Å². The molecule has 180 valence electrons. The number of aliphatic hydroxyl groups is 1. The first-order valence-electron chi connectivity index (χ1n) is 11.5. The molecule has 2 aliphatic heterocycles. The number of aromatic nitrogens is 1. The molecule has 32 heavy (non-hydrogen) atoms. The van der Waals surface area contributed by atoms with Gasteiger partial charge in [-0.15, -0.1) is 0 Å². The normalized spacial score (nSPS) is 27.8. The van der Waals surface area contributed by atoms with Gasteiger partial charge in [0.2, 0.25) is 0 Å². The molecule has 7 nitrogen and oxygen atoms in total. The minimum Gasteiger partial charge on any atom is -0.471 e. The summed E-state index contributed by atoms with van der Waals surface area (Å²) in [5.41, 5.74) is 8.70. The largest absolute Gasteiger partial charge is 0.471 e. The molecule has 2 aliphatic rings. The minimum absolute atomic E-state index is 0.300. The van der Waals surface area contributed by atoms with Crippen LogP contribution in [0.4, 0.5) is 0 Å². The van der Waals surface area contributed by atoms with Gasteiger partial charge in [0.05, 0.1) is 19.8 Å². The molecule has 1 aromatic heterocycles. The number of benzene rings is 1. The summed E-state index contributed by atoms with van der Waals surface area (Å²) in [6, 6.07) is 9.11. The second-order valence-electron chi connectivity index (χ2n) is 8.81. The highest BCUT2D eigenvalue weighted by molar-refractivity contribution is 5.84. The Labute approximate surface area is 192 Å². The van der Waals surface area contributed by atoms with E-state index in [0.717, 1.165) is 25.9 Å². The first-order chi connectivity index (χ1) is 15.5. The number of nitrogens with two attached hydrogens (primary N) is 1. The van der Waals surface area contributed by atoms with E-state index in [0.29, 0.717) is 36.9 Å². The van der Waals surface area contributed by atoms with Crippen molar-refractivity contribution in [2.24, 2.45) is 17.6 Å². The van der Waals surface area contributed by atoms with E-state index >= 15 is 0 Å². The van der Waals surface area contributed by atoms with Crippen molar-refractivity contribution in [3.63, 3.8) is 0 Å². The third-order valence-electron chi connectivity index (χ3n) is 6.90. The number of hydrogen-bond donors (Lipinski definition) is 3. The van der Waals surface area contributed by atoms with Gasteiger partial charge < -0.3 is 25.3 Å². The summed E-state index contributed by atoms with van der Waals surface area (Å²) in [4.78, 5) is 15.3. The third kappa shape index (κ3) is 6.10. The molecule has 1 saturated heterocycles. The number of H-pyrrole nitrogens is 1. The van der Waals surface area contributed by atoms with Crippen LogP contribution in [-0.4, -0.2) is 74.6 Å². The van der Waals surface area contributed by atoms with Gasteiger partial charge in [-0.3, -0.25) is 9.69 Å². The second-order valence-corrected chi connectivity index (χ2v) is 8.81. The molecule has 0 aliphatic carbocycles. The number of para-hydroxylation sites is 1. The van der Waals surface area contributed by atoms with E-state index in [-0.39, 0.29) is 6.10 Å². The summed E-state index contributed by atoms with van der Waals surface area (Å²) < 4.78 is 9.10. The summed E-state index contributed by atoms with van der Waals surface area (Å²) in [6.07, 6.45) is 2.99. The van der Waals surface area contributed by atoms with Gasteiger partial charge in [-0.2, -0.15) is 0 Å². The fourth-order valence-corrected chi connectivity index (χ4v) is 5.45. The van der Waals surface area contributed by atoms with Crippen molar-refractivity contribution in [2.75, 3.05) is 41.0 Å². The molecule has 0 radical (unpaired) electrons. The molecule has 2 aromatic rings. The summed E-state index contributed by atoms with van der Waals surface area (Å²) >= 11 is 0. The number of nitrogens with one attached hydrogen (secondary N) is 1. The van der Waals surface area contributed by atoms with E-state index in [1.165, 1.54) is 42.7 Å². The van der Waals surface area contributed by atoms with Crippen LogP contribution in [0.15, 0.2) is 24.3 Å². The van der Waals surface area contributed by atoms with Crippen LogP contribution in [0.5, 0.6) is 0 Å². The van der Waals surface area contributed by atoms with Crippen LogP contribution in [0, 0.1) is 11.8 Å². The molecular weight excluding hydrogens is 406 g/mol. The number of rotatable bonds is 4. The maximum atomic E-state index is 10.6. The Morgan fingerprint density at radius 3 is 2.59 bits per heavy atom. The van der Waals surface area contributed by atoms with Crippen molar-refractivity contribution in [2.45, 2.75) is 51.2 Å². The van der Waals surface area contributed by atoms with Gasteiger partial charge in [0.15, 0.2) is 0 Å². The highest BCUT2D eigenvalue weighted by Gasteiger charge is 2.38. The Kier molecular flexibility index (Phi) is 10.6. The average Bonchev–Trinajstić information content (AvgIpc) is 3.20. The number of carbonyl (C=O) groups is 1. The Balaban J connectivity index is 0.000000547. The van der Waals surface area contributed by atoms with Gasteiger partial charge >= 0.3 is 0 Å². The molecule has 1 aromatic carbocycles. The monoisotopic (exact) mass is 447 g/mol. The van der Waals surface area contributed by atoms with Gasteiger partial charge in [-0.25, -0.2) is 0 Å². The second kappa shape index (κ2) is 12.9. The number of fused-ring (bicyclic) bond motifs is 5. The molecule has 4 rings (SSSR count). The predicted molar refractivity (Wildman–Crippen MR) is 129 cm³/mol. The molecule has 4 N–H and O–H groups in total. The number of methoxy groups -OCH3 is 2. The topological polar surface area (TPSA) is 101 Å². The summed E-state index contributed by atoms with van der Waals surface area (Å²) in [5, 5.41) is 12.0. The summed E-state index contributed by atoms with van der Waals surface area (Å²) in [7, 11) is 4.49. The zero-order valence-electron chi connectivity index (χ0n) is 20.2. The number of ether oxygens (including phenoxy) is 2. The van der Waals surface area contributed by atoms with Crippen LogP contribution in [0.25, 0.3) is 10.9 Å². The van der Waals surface area contributed by atoms with Crippen LogP contribution >= 0.6 is 0 Å². The molecule has 3 heterocycles. The lowest BCUT2D eigenvalue weighted by Crippen LogP contribution is -2.52. The Morgan fingerprint density at radius 2 is 1.94 bits per heavy atom. The van der Waals surface area contributed by atoms with Gasteiger partial charge in [0, 0.05) is 48.8 Å². The third-order valence-corrected chi connectivity index (χ3v) is 6.90. The molecule has 0 amide bonds. The molecule has 1 fully saturated rings. The highest BCUT2D eigenvalue weighted by atomic mass is 16.5. The van der Waals surface area contributed by atoms with Crippen molar-refractivity contribution in [1.29, 1.82) is 0 Å². The standard InChI is InChI=1S/C22H32N2O2.C2H4O2.CH5N/c1-14-10-16-11-19(21(25)13-26-3)15(2)24(12-16)9-8-18-17-6-4-5-7-20(17)23-22(14)18;1-4-2-3;1-2/h4-7,14-16,19,21,23,25H,8-13H2,1-3H3;2H,1H3;2H2,1H3/t14-,15?,16?,19?,21+;;/m1../s1. The zero-order valence-corrected chi connectivity index (χ0v) is 20.2. The minimum atomic E-state index is -0.366. The van der Waals surface area contributed by atoms with E-state index in [1.54, 1.807) is 7.11 Å². The zero-order chi connectivity index (χ0) is 23.7. The van der Waals surface area contributed by atoms with Crippen molar-refractivity contribution in [3.05, 3.63) is 35.5 Å². The van der Waals surface area contributed by atoms with Crippen LogP contribution in [0.1, 0.15) is 43.9 Å². The van der Waals surface area contributed by atoms with E-state index < -0.39 is 0 Å². The predicted octanol–water partition coefficient (Wildman–Crippen LogP) is 2.92. The lowest BCUT2D eigenvalue weighted by molar-refractivity contribution is -0.126. The number of nitrogens with zero attached hydrogens (tertiary/aromatic N) is 1. The highest BCUT2D eigenvalue weighted by Crippen LogP contribution is 2.39. The maximum absolute atomic E-state index is 10.6. The number of piperidine rings is 1. The Hall–Kier alpha value is -1.93. The molecule has 7 heteroatoms. The van der Waals surface area contributed by atoms with E-state index in [1.807, 2.05) is 0 Å². The molecule has 6 atom stereocenters. The first kappa shape index (κ1) is 26.3. The van der Waals surface area contributed by atoms with Crippen LogP contribution in [0.2, 0.25) is 0 Å². The Bertz CT molecular complexity index is 825. The SMILES string of the molecule is CN.COC=O.COC[C@H](O)C1CC2C[C@@H](C)c3[nH]c4ccccc4c3CCN(C2)C1C. The fraction of sp³-hybridized carbons (Fsp3) is 0.640. The van der Waals surface area contributed by atoms with Crippen LogP contribution in [0.3, 0.4) is 0 Å². The number of aliphatic hydroxyl groups excluding tert-OH is 1. The summed E-state index contributed by atoms with van der Waals surface area (Å²) in [5.74, 6) is 1.46. The summed E-state index contributed by atoms with van der Waals surface area (Å²) in [6.45, 7) is 7.69. The quantitative estimate of drug-likeness (QED) is 0.623. The molecule has 2 bridgehead atoms. The van der Waals surface area contributed by atoms with Crippen molar-refractivity contribution in [1.82, 2.24) is 9.88 Å². The first-order valence-corrected chi connectivity index (χ1v) is 11.5. The molecule has 0 saturated carbocycles.